The summed E-state index contributed by atoms with van der Waals surface area (Å²) in [5.41, 5.74) is 0.882. The second-order valence-electron chi connectivity index (χ2n) is 5.27. The van der Waals surface area contributed by atoms with Crippen molar-refractivity contribution < 1.29 is 14.0 Å². The molecule has 1 N–H and O–H groups in total. The van der Waals surface area contributed by atoms with Crippen molar-refractivity contribution in [2.45, 2.75) is 32.7 Å². The molecule has 0 spiro atoms. The number of halogens is 1. The minimum absolute atomic E-state index is 0.0429. The molecule has 1 heterocycles. The molecule has 1 aliphatic rings. The lowest BCUT2D eigenvalue weighted by Gasteiger charge is -2.33. The summed E-state index contributed by atoms with van der Waals surface area (Å²) in [7, 11) is 0. The van der Waals surface area contributed by atoms with E-state index in [1.165, 1.54) is 19.1 Å². The van der Waals surface area contributed by atoms with Crippen LogP contribution in [0.25, 0.3) is 0 Å². The van der Waals surface area contributed by atoms with Crippen LogP contribution in [-0.2, 0) is 4.79 Å². The summed E-state index contributed by atoms with van der Waals surface area (Å²) >= 11 is 0. The van der Waals surface area contributed by atoms with Gasteiger partial charge in [-0.25, -0.2) is 4.39 Å². The number of hydrogen-bond acceptors (Lipinski definition) is 2. The number of piperidine rings is 1. The molecule has 1 saturated heterocycles. The molecule has 0 aliphatic carbocycles. The van der Waals surface area contributed by atoms with Gasteiger partial charge in [-0.3, -0.25) is 9.59 Å². The number of amides is 2. The Morgan fingerprint density at radius 2 is 2.15 bits per heavy atom. The topological polar surface area (TPSA) is 49.4 Å². The molecule has 20 heavy (non-hydrogen) atoms. The van der Waals surface area contributed by atoms with Crippen molar-refractivity contribution in [3.63, 3.8) is 0 Å². The largest absolute Gasteiger partial charge is 0.352 e. The summed E-state index contributed by atoms with van der Waals surface area (Å²) in [6.07, 6.45) is 1.66. The van der Waals surface area contributed by atoms with Gasteiger partial charge in [-0.1, -0.05) is 6.07 Å². The van der Waals surface area contributed by atoms with Crippen molar-refractivity contribution in [1.29, 1.82) is 0 Å². The number of likely N-dealkylation sites (tertiary alicyclic amines) is 1. The maximum absolute atomic E-state index is 13.8. The molecule has 1 aliphatic heterocycles. The summed E-state index contributed by atoms with van der Waals surface area (Å²) in [6.45, 7) is 4.28. The molecular weight excluding hydrogens is 259 g/mol. The van der Waals surface area contributed by atoms with Crippen LogP contribution in [0.2, 0.25) is 0 Å². The van der Waals surface area contributed by atoms with E-state index in [-0.39, 0.29) is 23.4 Å². The number of benzene rings is 1. The lowest BCUT2D eigenvalue weighted by atomic mass is 10.0. The molecular formula is C15H19FN2O2. The van der Waals surface area contributed by atoms with Crippen LogP contribution < -0.4 is 5.32 Å². The van der Waals surface area contributed by atoms with Gasteiger partial charge in [0.2, 0.25) is 5.91 Å². The molecule has 1 fully saturated rings. The van der Waals surface area contributed by atoms with Gasteiger partial charge in [0.25, 0.3) is 5.91 Å². The molecule has 1 unspecified atom stereocenters. The fourth-order valence-corrected chi connectivity index (χ4v) is 2.53. The quantitative estimate of drug-likeness (QED) is 0.898. The summed E-state index contributed by atoms with van der Waals surface area (Å²) in [5.74, 6) is -0.903. The predicted molar refractivity (Wildman–Crippen MR) is 73.9 cm³/mol. The molecule has 108 valence electrons. The number of aryl methyl sites for hydroxylation is 1. The van der Waals surface area contributed by atoms with Gasteiger partial charge in [-0.05, 0) is 37.5 Å². The fraction of sp³-hybridized carbons (Fsp3) is 0.467. The summed E-state index contributed by atoms with van der Waals surface area (Å²) in [6, 6.07) is 4.57. The van der Waals surface area contributed by atoms with Crippen molar-refractivity contribution in [3.8, 4) is 0 Å². The number of hydrogen-bond donors (Lipinski definition) is 1. The van der Waals surface area contributed by atoms with Gasteiger partial charge in [0.15, 0.2) is 0 Å². The third-order valence-corrected chi connectivity index (χ3v) is 3.47. The van der Waals surface area contributed by atoms with Crippen molar-refractivity contribution in [2.75, 3.05) is 13.1 Å². The smallest absolute Gasteiger partial charge is 0.256 e. The lowest BCUT2D eigenvalue weighted by Crippen LogP contribution is -2.49. The zero-order valence-corrected chi connectivity index (χ0v) is 11.8. The van der Waals surface area contributed by atoms with E-state index in [9.17, 15) is 14.0 Å². The van der Waals surface area contributed by atoms with Crippen LogP contribution in [0.4, 0.5) is 4.39 Å². The maximum atomic E-state index is 13.8. The molecule has 0 radical (unpaired) electrons. The van der Waals surface area contributed by atoms with Crippen molar-refractivity contribution in [3.05, 3.63) is 35.1 Å². The van der Waals surface area contributed by atoms with Gasteiger partial charge >= 0.3 is 0 Å². The van der Waals surface area contributed by atoms with Crippen LogP contribution in [0.3, 0.4) is 0 Å². The third-order valence-electron chi connectivity index (χ3n) is 3.47. The summed E-state index contributed by atoms with van der Waals surface area (Å²) < 4.78 is 13.8. The van der Waals surface area contributed by atoms with Gasteiger partial charge in [-0.15, -0.1) is 0 Å². The van der Waals surface area contributed by atoms with E-state index in [1.54, 1.807) is 17.9 Å². The Kier molecular flexibility index (Phi) is 4.37. The van der Waals surface area contributed by atoms with Crippen LogP contribution >= 0.6 is 0 Å². The molecule has 0 aromatic heterocycles. The standard InChI is InChI=1S/C15H19FN2O2/c1-10-5-6-13(14(16)8-10)15(20)18-7-3-4-12(9-18)17-11(2)19/h5-6,8,12H,3-4,7,9H2,1-2H3,(H,17,19). The van der Waals surface area contributed by atoms with E-state index in [1.807, 2.05) is 0 Å². The highest BCUT2D eigenvalue weighted by Crippen LogP contribution is 2.17. The molecule has 2 amide bonds. The average Bonchev–Trinajstić information content (AvgIpc) is 2.37. The normalized spacial score (nSPS) is 18.8. The van der Waals surface area contributed by atoms with Gasteiger partial charge in [0, 0.05) is 26.1 Å². The van der Waals surface area contributed by atoms with Crippen LogP contribution in [0.15, 0.2) is 18.2 Å². The predicted octanol–water partition coefficient (Wildman–Crippen LogP) is 1.87. The number of nitrogens with one attached hydrogen (secondary N) is 1. The number of carbonyl (C=O) groups excluding carboxylic acids is 2. The highest BCUT2D eigenvalue weighted by Gasteiger charge is 2.26. The first kappa shape index (κ1) is 14.5. The van der Waals surface area contributed by atoms with Gasteiger partial charge in [0.05, 0.1) is 5.56 Å². The van der Waals surface area contributed by atoms with E-state index in [0.717, 1.165) is 18.4 Å². The summed E-state index contributed by atoms with van der Waals surface area (Å²) in [5, 5.41) is 2.82. The number of nitrogens with zero attached hydrogens (tertiary/aromatic N) is 1. The summed E-state index contributed by atoms with van der Waals surface area (Å²) in [4.78, 5) is 25.0. The molecule has 1 aromatic carbocycles. The molecule has 2 rings (SSSR count). The van der Waals surface area contributed by atoms with E-state index >= 15 is 0 Å². The first-order valence-electron chi connectivity index (χ1n) is 6.80. The zero-order valence-electron chi connectivity index (χ0n) is 11.8. The Balaban J connectivity index is 2.10. The van der Waals surface area contributed by atoms with Crippen LogP contribution in [-0.4, -0.2) is 35.8 Å². The Labute approximate surface area is 118 Å². The number of rotatable bonds is 2. The van der Waals surface area contributed by atoms with E-state index in [2.05, 4.69) is 5.32 Å². The Morgan fingerprint density at radius 3 is 2.80 bits per heavy atom. The van der Waals surface area contributed by atoms with E-state index in [4.69, 9.17) is 0 Å². The Morgan fingerprint density at radius 1 is 1.40 bits per heavy atom. The van der Waals surface area contributed by atoms with Gasteiger partial charge in [-0.2, -0.15) is 0 Å². The van der Waals surface area contributed by atoms with E-state index < -0.39 is 5.82 Å². The second-order valence-corrected chi connectivity index (χ2v) is 5.27. The minimum atomic E-state index is -0.489. The second kappa shape index (κ2) is 6.03. The SMILES string of the molecule is CC(=O)NC1CCCN(C(=O)c2ccc(C)cc2F)C1. The Bertz CT molecular complexity index is 531. The van der Waals surface area contributed by atoms with Gasteiger partial charge in [0.1, 0.15) is 5.82 Å². The van der Waals surface area contributed by atoms with Crippen LogP contribution in [0, 0.1) is 12.7 Å². The maximum Gasteiger partial charge on any atom is 0.256 e. The molecule has 5 heteroatoms. The molecule has 0 saturated carbocycles. The Hall–Kier alpha value is -1.91. The third kappa shape index (κ3) is 3.35. The molecule has 1 atom stereocenters. The molecule has 4 nitrogen and oxygen atoms in total. The highest BCUT2D eigenvalue weighted by atomic mass is 19.1. The molecule has 1 aromatic rings. The van der Waals surface area contributed by atoms with Crippen molar-refractivity contribution in [2.24, 2.45) is 0 Å². The first-order chi connectivity index (χ1) is 9.47. The minimum Gasteiger partial charge on any atom is -0.352 e. The van der Waals surface area contributed by atoms with Gasteiger partial charge < -0.3 is 10.2 Å². The lowest BCUT2D eigenvalue weighted by molar-refractivity contribution is -0.120. The van der Waals surface area contributed by atoms with Crippen LogP contribution in [0.1, 0.15) is 35.7 Å². The van der Waals surface area contributed by atoms with Crippen molar-refractivity contribution >= 4 is 11.8 Å². The highest BCUT2D eigenvalue weighted by molar-refractivity contribution is 5.94. The fourth-order valence-electron chi connectivity index (χ4n) is 2.53. The van der Waals surface area contributed by atoms with Crippen LogP contribution in [0.5, 0.6) is 0 Å². The molecule has 0 bridgehead atoms. The monoisotopic (exact) mass is 278 g/mol. The van der Waals surface area contributed by atoms with Crippen molar-refractivity contribution in [1.82, 2.24) is 10.2 Å². The van der Waals surface area contributed by atoms with E-state index in [0.29, 0.717) is 13.1 Å². The average molecular weight is 278 g/mol. The number of carbonyl (C=O) groups is 2. The first-order valence-corrected chi connectivity index (χ1v) is 6.80. The zero-order chi connectivity index (χ0) is 14.7.